The zero-order valence-corrected chi connectivity index (χ0v) is 12.2. The Kier molecular flexibility index (Phi) is 3.84. The minimum Gasteiger partial charge on any atom is -0.369 e. The number of nitrogens with one attached hydrogen (secondary N) is 1. The molecular formula is C14H22N6. The molecule has 3 heterocycles. The number of hydrogen-bond acceptors (Lipinski definition) is 5. The van der Waals surface area contributed by atoms with Crippen molar-refractivity contribution in [1.82, 2.24) is 24.8 Å². The Morgan fingerprint density at radius 2 is 2.05 bits per heavy atom. The molecule has 3 rings (SSSR count). The van der Waals surface area contributed by atoms with E-state index >= 15 is 0 Å². The number of rotatable bonds is 4. The van der Waals surface area contributed by atoms with Crippen LogP contribution in [0, 0.1) is 0 Å². The highest BCUT2D eigenvalue weighted by Gasteiger charge is 2.12. The third-order valence-electron chi connectivity index (χ3n) is 3.73. The van der Waals surface area contributed by atoms with Crippen molar-refractivity contribution in [2.24, 2.45) is 0 Å². The second-order valence-corrected chi connectivity index (χ2v) is 5.52. The first-order chi connectivity index (χ1) is 9.74. The van der Waals surface area contributed by atoms with E-state index in [4.69, 9.17) is 0 Å². The van der Waals surface area contributed by atoms with Crippen LogP contribution in [-0.2, 0) is 6.42 Å². The van der Waals surface area contributed by atoms with E-state index in [1.807, 2.05) is 0 Å². The molecule has 1 fully saturated rings. The van der Waals surface area contributed by atoms with Gasteiger partial charge in [-0.25, -0.2) is 0 Å². The van der Waals surface area contributed by atoms with Gasteiger partial charge in [0.25, 0.3) is 0 Å². The first-order valence-corrected chi connectivity index (χ1v) is 7.18. The van der Waals surface area contributed by atoms with Gasteiger partial charge in [0.15, 0.2) is 5.65 Å². The van der Waals surface area contributed by atoms with Gasteiger partial charge in [-0.2, -0.15) is 0 Å². The molecule has 0 spiro atoms. The molecule has 108 valence electrons. The topological polar surface area (TPSA) is 48.7 Å². The third-order valence-corrected chi connectivity index (χ3v) is 3.73. The first-order valence-electron chi connectivity index (χ1n) is 7.18. The lowest BCUT2D eigenvalue weighted by molar-refractivity contribution is 0.409. The molecule has 0 saturated carbocycles. The summed E-state index contributed by atoms with van der Waals surface area (Å²) in [6, 6.07) is 4.30. The van der Waals surface area contributed by atoms with Gasteiger partial charge >= 0.3 is 0 Å². The van der Waals surface area contributed by atoms with Crippen LogP contribution in [0.4, 0.5) is 5.69 Å². The zero-order valence-electron chi connectivity index (χ0n) is 12.2. The maximum atomic E-state index is 4.31. The summed E-state index contributed by atoms with van der Waals surface area (Å²) in [5.41, 5.74) is 2.18. The Bertz CT molecular complexity index is 570. The second-order valence-electron chi connectivity index (χ2n) is 5.52. The predicted octanol–water partition coefficient (Wildman–Crippen LogP) is 0.243. The Morgan fingerprint density at radius 1 is 1.25 bits per heavy atom. The number of fused-ring (bicyclic) bond motifs is 1. The maximum Gasteiger partial charge on any atom is 0.162 e. The van der Waals surface area contributed by atoms with Crippen LogP contribution in [-0.4, -0.2) is 66.3 Å². The molecule has 20 heavy (non-hydrogen) atoms. The fraction of sp³-hybridized carbons (Fsp3) is 0.571. The van der Waals surface area contributed by atoms with Crippen molar-refractivity contribution in [3.05, 3.63) is 24.2 Å². The minimum absolute atomic E-state index is 0.918. The van der Waals surface area contributed by atoms with Crippen LogP contribution in [0.1, 0.15) is 5.82 Å². The highest BCUT2D eigenvalue weighted by molar-refractivity contribution is 5.56. The molecule has 1 saturated heterocycles. The number of likely N-dealkylation sites (N-methyl/N-ethyl adjacent to an activating group) is 1. The molecule has 1 aliphatic rings. The normalized spacial score (nSPS) is 16.2. The van der Waals surface area contributed by atoms with Gasteiger partial charge in [-0.15, -0.1) is 10.2 Å². The summed E-state index contributed by atoms with van der Waals surface area (Å²) < 4.78 is 2.09. The lowest BCUT2D eigenvalue weighted by atomic mass is 10.3. The summed E-state index contributed by atoms with van der Waals surface area (Å²) in [6.45, 7) is 5.19. The largest absolute Gasteiger partial charge is 0.369 e. The summed E-state index contributed by atoms with van der Waals surface area (Å²) in [4.78, 5) is 4.56. The molecule has 0 amide bonds. The van der Waals surface area contributed by atoms with Crippen LogP contribution in [0.3, 0.4) is 0 Å². The lowest BCUT2D eigenvalue weighted by Gasteiger charge is -2.29. The van der Waals surface area contributed by atoms with Crippen molar-refractivity contribution in [3.63, 3.8) is 0 Å². The second kappa shape index (κ2) is 5.76. The van der Waals surface area contributed by atoms with E-state index < -0.39 is 0 Å². The summed E-state index contributed by atoms with van der Waals surface area (Å²) in [5, 5.41) is 12.0. The monoisotopic (exact) mass is 274 g/mol. The maximum absolute atomic E-state index is 4.31. The quantitative estimate of drug-likeness (QED) is 0.866. The smallest absolute Gasteiger partial charge is 0.162 e. The number of hydrogen-bond donors (Lipinski definition) is 1. The fourth-order valence-corrected chi connectivity index (χ4v) is 2.54. The van der Waals surface area contributed by atoms with Gasteiger partial charge in [-0.1, -0.05) is 0 Å². The highest BCUT2D eigenvalue weighted by Crippen LogP contribution is 2.17. The van der Waals surface area contributed by atoms with E-state index in [1.165, 1.54) is 5.69 Å². The molecule has 0 radical (unpaired) electrons. The van der Waals surface area contributed by atoms with E-state index in [2.05, 4.69) is 62.1 Å². The van der Waals surface area contributed by atoms with Gasteiger partial charge in [0.05, 0.1) is 0 Å². The molecule has 2 aromatic rings. The Balaban J connectivity index is 1.81. The molecule has 6 nitrogen and oxygen atoms in total. The Morgan fingerprint density at radius 3 is 2.80 bits per heavy atom. The molecule has 0 bridgehead atoms. The van der Waals surface area contributed by atoms with Crippen molar-refractivity contribution < 1.29 is 0 Å². The number of pyridine rings is 1. The summed E-state index contributed by atoms with van der Waals surface area (Å²) in [7, 11) is 4.15. The van der Waals surface area contributed by atoms with Crippen molar-refractivity contribution >= 4 is 11.3 Å². The minimum atomic E-state index is 0.918. The van der Waals surface area contributed by atoms with Gasteiger partial charge in [-0.05, 0) is 20.2 Å². The van der Waals surface area contributed by atoms with Gasteiger partial charge in [-0.3, -0.25) is 4.40 Å². The average Bonchev–Trinajstić information content (AvgIpc) is 2.88. The molecule has 1 aliphatic heterocycles. The third kappa shape index (κ3) is 2.76. The molecule has 1 N–H and O–H groups in total. The molecule has 0 unspecified atom stereocenters. The number of aromatic nitrogens is 3. The SMILES string of the molecule is CN(C)CCc1nnc2cc(N3CCNCC3)ccn12. The van der Waals surface area contributed by atoms with Crippen LogP contribution in [0.5, 0.6) is 0 Å². The molecule has 6 heteroatoms. The van der Waals surface area contributed by atoms with Crippen molar-refractivity contribution in [2.45, 2.75) is 6.42 Å². The Hall–Kier alpha value is -1.66. The number of anilines is 1. The summed E-state index contributed by atoms with van der Waals surface area (Å²) in [6.07, 6.45) is 3.01. The van der Waals surface area contributed by atoms with Crippen LogP contribution in [0.15, 0.2) is 18.3 Å². The van der Waals surface area contributed by atoms with Crippen molar-refractivity contribution in [3.8, 4) is 0 Å². The van der Waals surface area contributed by atoms with Crippen LogP contribution in [0.2, 0.25) is 0 Å². The highest BCUT2D eigenvalue weighted by atomic mass is 15.3. The van der Waals surface area contributed by atoms with E-state index in [9.17, 15) is 0 Å². The van der Waals surface area contributed by atoms with Crippen LogP contribution in [0.25, 0.3) is 5.65 Å². The standard InChI is InChI=1S/C14H22N6/c1-18(2)7-4-13-16-17-14-11-12(3-8-20(13)14)19-9-5-15-6-10-19/h3,8,11,15H,4-7,9-10H2,1-2H3. The molecular weight excluding hydrogens is 252 g/mol. The van der Waals surface area contributed by atoms with Crippen LogP contribution >= 0.6 is 0 Å². The van der Waals surface area contributed by atoms with Gasteiger partial charge in [0.2, 0.25) is 0 Å². The van der Waals surface area contributed by atoms with E-state index in [0.717, 1.165) is 50.6 Å². The predicted molar refractivity (Wildman–Crippen MR) is 80.3 cm³/mol. The van der Waals surface area contributed by atoms with Crippen LogP contribution < -0.4 is 10.2 Å². The van der Waals surface area contributed by atoms with Gasteiger partial charge in [0.1, 0.15) is 5.82 Å². The zero-order chi connectivity index (χ0) is 13.9. The summed E-state index contributed by atoms with van der Waals surface area (Å²) in [5.74, 6) is 1.03. The van der Waals surface area contributed by atoms with E-state index in [0.29, 0.717) is 0 Å². The lowest BCUT2D eigenvalue weighted by Crippen LogP contribution is -2.43. The number of piperazine rings is 1. The Labute approximate surface area is 119 Å². The molecule has 2 aromatic heterocycles. The number of nitrogens with zero attached hydrogens (tertiary/aromatic N) is 5. The van der Waals surface area contributed by atoms with E-state index in [-0.39, 0.29) is 0 Å². The van der Waals surface area contributed by atoms with Gasteiger partial charge < -0.3 is 15.1 Å². The molecule has 0 aromatic carbocycles. The fourth-order valence-electron chi connectivity index (χ4n) is 2.54. The molecule has 0 atom stereocenters. The molecule has 0 aliphatic carbocycles. The first kappa shape index (κ1) is 13.3. The van der Waals surface area contributed by atoms with Crippen molar-refractivity contribution in [1.29, 1.82) is 0 Å². The van der Waals surface area contributed by atoms with Gasteiger partial charge in [0, 0.05) is 57.1 Å². The van der Waals surface area contributed by atoms with Crippen molar-refractivity contribution in [2.75, 3.05) is 51.7 Å². The van der Waals surface area contributed by atoms with E-state index in [1.54, 1.807) is 0 Å². The average molecular weight is 274 g/mol. The summed E-state index contributed by atoms with van der Waals surface area (Å²) >= 11 is 0.